The van der Waals surface area contributed by atoms with Crippen LogP contribution in [0.2, 0.25) is 0 Å². The number of carbonyl (C=O) groups excluding carboxylic acids is 2. The zero-order valence-corrected chi connectivity index (χ0v) is 33.1. The zero-order chi connectivity index (χ0) is 43.4. The van der Waals surface area contributed by atoms with E-state index in [9.17, 15) is 24.5 Å². The van der Waals surface area contributed by atoms with Crippen molar-refractivity contribution in [3.8, 4) is 6.07 Å². The number of amides is 2. The van der Waals surface area contributed by atoms with Gasteiger partial charge in [0.15, 0.2) is 58.8 Å². The molecule has 4 N–H and O–H groups in total. The van der Waals surface area contributed by atoms with E-state index in [1.807, 2.05) is 6.07 Å². The number of nitriles is 1. The molecule has 2 saturated heterocycles. The van der Waals surface area contributed by atoms with Crippen molar-refractivity contribution in [3.05, 3.63) is 97.1 Å². The van der Waals surface area contributed by atoms with Crippen molar-refractivity contribution in [2.45, 2.75) is 55.6 Å². The lowest BCUT2D eigenvalue weighted by atomic mass is 10.1. The normalized spacial score (nSPS) is 24.4. The smallest absolute Gasteiger partial charge is 0.387 e. The molecular formula is C38H36F2N13O8P. The highest BCUT2D eigenvalue weighted by Crippen LogP contribution is 2.50. The molecular weight excluding hydrogens is 835 g/mol. The highest BCUT2D eigenvalue weighted by Gasteiger charge is 2.52. The number of aromatic nitrogens is 8. The lowest BCUT2D eigenvalue weighted by Crippen LogP contribution is -2.38. The number of aliphatic hydroxyl groups excluding tert-OH is 1. The molecule has 320 valence electrons. The van der Waals surface area contributed by atoms with Gasteiger partial charge in [0.2, 0.25) is 0 Å². The number of aliphatic hydroxyl groups is 1. The second-order valence-corrected chi connectivity index (χ2v) is 15.6. The first kappa shape index (κ1) is 42.2. The molecule has 4 aromatic heterocycles. The van der Waals surface area contributed by atoms with Crippen LogP contribution >= 0.6 is 7.75 Å². The van der Waals surface area contributed by atoms with E-state index in [2.05, 4.69) is 57.3 Å². The number of benzene rings is 2. The fraction of sp³-hybridized carbons (Fsp3) is 0.316. The number of alkyl halides is 2. The summed E-state index contributed by atoms with van der Waals surface area (Å²) in [5, 5.41) is 28.0. The summed E-state index contributed by atoms with van der Waals surface area (Å²) in [5.74, 6) is -0.846. The highest BCUT2D eigenvalue weighted by molar-refractivity contribution is 7.51. The van der Waals surface area contributed by atoms with E-state index in [1.165, 1.54) is 21.8 Å². The van der Waals surface area contributed by atoms with Crippen LogP contribution in [0.5, 0.6) is 0 Å². The van der Waals surface area contributed by atoms with Crippen LogP contribution in [0.1, 0.15) is 39.6 Å². The molecule has 2 aliphatic rings. The maximum absolute atomic E-state index is 16.7. The average Bonchev–Trinajstić information content (AvgIpc) is 4.06. The number of hydrogen-bond donors (Lipinski definition) is 4. The van der Waals surface area contributed by atoms with Crippen molar-refractivity contribution in [2.75, 3.05) is 30.3 Å². The summed E-state index contributed by atoms with van der Waals surface area (Å²) in [4.78, 5) is 54.7. The first-order valence-corrected chi connectivity index (χ1v) is 20.5. The van der Waals surface area contributed by atoms with Crippen LogP contribution in [0, 0.1) is 11.3 Å². The van der Waals surface area contributed by atoms with Gasteiger partial charge in [-0.2, -0.15) is 5.26 Å². The van der Waals surface area contributed by atoms with Crippen molar-refractivity contribution < 1.29 is 46.6 Å². The van der Waals surface area contributed by atoms with Crippen LogP contribution in [0.4, 0.5) is 20.4 Å². The van der Waals surface area contributed by atoms with Crippen LogP contribution in [-0.2, 0) is 23.1 Å². The van der Waals surface area contributed by atoms with E-state index in [0.717, 1.165) is 12.7 Å². The quantitative estimate of drug-likeness (QED) is 0.0613. The number of rotatable bonds is 16. The van der Waals surface area contributed by atoms with E-state index in [4.69, 9.17) is 18.5 Å². The maximum Gasteiger partial charge on any atom is 0.406 e. The molecule has 0 saturated carbocycles. The molecule has 2 aliphatic heterocycles. The molecule has 21 nitrogen and oxygen atoms in total. The van der Waals surface area contributed by atoms with E-state index >= 15 is 8.78 Å². The largest absolute Gasteiger partial charge is 0.406 e. The Morgan fingerprint density at radius 1 is 0.839 bits per heavy atom. The third-order valence-electron chi connectivity index (χ3n) is 9.89. The molecule has 6 aromatic rings. The van der Waals surface area contributed by atoms with Gasteiger partial charge in [-0.15, -0.1) is 0 Å². The molecule has 6 heterocycles. The molecule has 2 amide bonds. The second-order valence-electron chi connectivity index (χ2n) is 13.8. The summed E-state index contributed by atoms with van der Waals surface area (Å²) >= 11 is 0. The van der Waals surface area contributed by atoms with Crippen molar-refractivity contribution in [3.63, 3.8) is 0 Å². The van der Waals surface area contributed by atoms with Crippen molar-refractivity contribution in [1.82, 2.24) is 44.1 Å². The predicted molar refractivity (Wildman–Crippen MR) is 214 cm³/mol. The fourth-order valence-electron chi connectivity index (χ4n) is 6.90. The zero-order valence-electron chi connectivity index (χ0n) is 32.2. The molecule has 0 bridgehead atoms. The number of ether oxygens (including phenoxy) is 2. The number of halogens is 2. The molecule has 0 radical (unpaired) electrons. The Labute approximate surface area is 349 Å². The molecule has 0 spiro atoms. The van der Waals surface area contributed by atoms with Crippen molar-refractivity contribution >= 4 is 60.2 Å². The Bertz CT molecular complexity index is 2670. The number of anilines is 2. The van der Waals surface area contributed by atoms with E-state index in [1.54, 1.807) is 60.7 Å². The van der Waals surface area contributed by atoms with E-state index in [-0.39, 0.29) is 46.9 Å². The molecule has 9 atom stereocenters. The van der Waals surface area contributed by atoms with Gasteiger partial charge in [0.25, 0.3) is 11.8 Å². The van der Waals surface area contributed by atoms with Crippen molar-refractivity contribution in [2.24, 2.45) is 4.99 Å². The SMILES string of the molecule is C=NC[C@H]1O[C@@H](n2cnc3c(NC(=O)c4ccccc4)ncnc32)[C@H](F)[C@@H]1OP(=O)(NC[C@H]1O[C@@H](n2cnc3c(NC(=O)c4ccccc4)ncnc32)[C@H](F)[C@@H]1O)OCCC#N. The Morgan fingerprint density at radius 2 is 1.37 bits per heavy atom. The van der Waals surface area contributed by atoms with Crippen molar-refractivity contribution in [1.29, 1.82) is 5.26 Å². The second kappa shape index (κ2) is 18.2. The van der Waals surface area contributed by atoms with E-state index < -0.39 is 81.9 Å². The number of nitrogens with one attached hydrogen (secondary N) is 3. The molecule has 2 fully saturated rings. The summed E-state index contributed by atoms with van der Waals surface area (Å²) in [6, 6.07) is 18.6. The van der Waals surface area contributed by atoms with Crippen LogP contribution in [0.15, 0.2) is 91.0 Å². The van der Waals surface area contributed by atoms with Gasteiger partial charge in [-0.3, -0.25) is 32.8 Å². The topological polar surface area (TPSA) is 268 Å². The minimum absolute atomic E-state index is 0.0446. The van der Waals surface area contributed by atoms with Gasteiger partial charge in [-0.05, 0) is 31.0 Å². The Morgan fingerprint density at radius 3 is 1.90 bits per heavy atom. The lowest BCUT2D eigenvalue weighted by molar-refractivity contribution is -0.0221. The molecule has 0 aliphatic carbocycles. The predicted octanol–water partition coefficient (Wildman–Crippen LogP) is 3.72. The number of hydrogen-bond acceptors (Lipinski definition) is 16. The maximum atomic E-state index is 16.7. The van der Waals surface area contributed by atoms with Gasteiger partial charge in [-0.1, -0.05) is 36.4 Å². The fourth-order valence-corrected chi connectivity index (χ4v) is 8.43. The summed E-state index contributed by atoms with van der Waals surface area (Å²) in [6.45, 7) is 2.26. The number of fused-ring (bicyclic) bond motifs is 2. The van der Waals surface area contributed by atoms with Crippen LogP contribution in [0.3, 0.4) is 0 Å². The first-order valence-electron chi connectivity index (χ1n) is 18.9. The van der Waals surface area contributed by atoms with Gasteiger partial charge in [0.05, 0.1) is 38.3 Å². The van der Waals surface area contributed by atoms with Gasteiger partial charge >= 0.3 is 7.75 Å². The number of imidazole rings is 2. The minimum Gasteiger partial charge on any atom is -0.387 e. The average molecular weight is 872 g/mol. The first-order chi connectivity index (χ1) is 30.1. The Kier molecular flexibility index (Phi) is 12.4. The summed E-state index contributed by atoms with van der Waals surface area (Å²) < 4.78 is 72.6. The number of nitrogens with zero attached hydrogens (tertiary/aromatic N) is 10. The third kappa shape index (κ3) is 8.52. The summed E-state index contributed by atoms with van der Waals surface area (Å²) in [7, 11) is -4.64. The molecule has 62 heavy (non-hydrogen) atoms. The summed E-state index contributed by atoms with van der Waals surface area (Å²) in [5.41, 5.74) is 1.10. The standard InChI is InChI=1S/C38H36F2N13O8P/c1-42-15-24-30(26(40)38(60-24)53-20-48-28-32(44-18-46-34(28)53)51-36(56)22-11-6-3-7-12-22)61-62(57,58-14-8-13-41)49-16-23-29(54)25(39)37(59-23)52-19-47-27-31(43-17-45-33(27)52)50-35(55)21-9-4-2-5-10-21/h2-7,9-12,17-20,23-26,29-30,37-38,54H,1,8,14-16H2,(H,49,57)(H,43,45,50,55)(H,44,46,51,56)/t23-,24-,25-,26-,29-,30-,37-,38-,62?/m1/s1. The van der Waals surface area contributed by atoms with Crippen LogP contribution in [0.25, 0.3) is 22.3 Å². The monoisotopic (exact) mass is 871 g/mol. The number of aliphatic imine (C=N–C) groups is 1. The van der Waals surface area contributed by atoms with Crippen LogP contribution in [-0.4, -0.2) is 119 Å². The van der Waals surface area contributed by atoms with Gasteiger partial charge in [0, 0.05) is 17.7 Å². The lowest BCUT2D eigenvalue weighted by Gasteiger charge is -2.26. The van der Waals surface area contributed by atoms with E-state index in [0.29, 0.717) is 11.1 Å². The third-order valence-corrected chi connectivity index (χ3v) is 11.5. The van der Waals surface area contributed by atoms with Gasteiger partial charge in [-0.25, -0.2) is 48.3 Å². The molecule has 2 aromatic carbocycles. The molecule has 8 rings (SSSR count). The highest BCUT2D eigenvalue weighted by atomic mass is 31.2. The summed E-state index contributed by atoms with van der Waals surface area (Å²) in [6.07, 6.45) is -8.69. The Hall–Kier alpha value is -6.51. The number of carbonyl (C=O) groups is 2. The molecule has 24 heteroatoms. The Balaban J connectivity index is 0.982. The molecule has 1 unspecified atom stereocenters. The minimum atomic E-state index is -4.64. The van der Waals surface area contributed by atoms with Crippen LogP contribution < -0.4 is 15.7 Å². The van der Waals surface area contributed by atoms with Gasteiger partial charge < -0.3 is 25.2 Å². The van der Waals surface area contributed by atoms with Gasteiger partial charge in [0.1, 0.15) is 37.1 Å².